The number of hydrogen-bond acceptors (Lipinski definition) is 2. The molecule has 2 nitrogen and oxygen atoms in total. The molecule has 0 spiro atoms. The third-order valence-corrected chi connectivity index (χ3v) is 3.98. The Morgan fingerprint density at radius 1 is 1.00 bits per heavy atom. The Kier molecular flexibility index (Phi) is 5.14. The summed E-state index contributed by atoms with van der Waals surface area (Å²) in [5.41, 5.74) is 1.94. The molecule has 0 heterocycles. The molecule has 1 atom stereocenters. The zero-order chi connectivity index (χ0) is 15.1. The Labute approximate surface area is 127 Å². The number of rotatable bonds is 6. The fourth-order valence-corrected chi connectivity index (χ4v) is 2.76. The van der Waals surface area contributed by atoms with E-state index in [-0.39, 0.29) is 0 Å². The van der Waals surface area contributed by atoms with Crippen molar-refractivity contribution >= 4 is 0 Å². The van der Waals surface area contributed by atoms with Gasteiger partial charge in [-0.05, 0) is 24.6 Å². The average molecular weight is 278 g/mol. The molecule has 0 saturated carbocycles. The van der Waals surface area contributed by atoms with E-state index in [9.17, 15) is 5.26 Å². The largest absolute Gasteiger partial charge is 0.300 e. The molecule has 0 aliphatic rings. The van der Waals surface area contributed by atoms with Crippen molar-refractivity contribution in [3.05, 3.63) is 71.8 Å². The van der Waals surface area contributed by atoms with Crippen molar-refractivity contribution in [1.29, 1.82) is 5.26 Å². The van der Waals surface area contributed by atoms with Gasteiger partial charge in [-0.1, -0.05) is 67.6 Å². The fraction of sp³-hybridized carbons (Fsp3) is 0.316. The lowest BCUT2D eigenvalue weighted by Crippen LogP contribution is -2.37. The molecule has 1 unspecified atom stereocenters. The van der Waals surface area contributed by atoms with Crippen molar-refractivity contribution in [2.24, 2.45) is 0 Å². The topological polar surface area (TPSA) is 27.0 Å². The van der Waals surface area contributed by atoms with Gasteiger partial charge in [0.05, 0.1) is 11.5 Å². The molecular weight excluding hydrogens is 256 g/mol. The third kappa shape index (κ3) is 3.71. The molecule has 2 aromatic rings. The van der Waals surface area contributed by atoms with Crippen molar-refractivity contribution in [3.8, 4) is 6.07 Å². The average Bonchev–Trinajstić information content (AvgIpc) is 2.54. The zero-order valence-corrected chi connectivity index (χ0v) is 12.8. The normalized spacial score (nSPS) is 13.6. The van der Waals surface area contributed by atoms with Crippen molar-refractivity contribution in [2.75, 3.05) is 13.6 Å². The molecule has 0 aromatic heterocycles. The molecule has 0 bridgehead atoms. The maximum Gasteiger partial charge on any atom is 0.0946 e. The van der Waals surface area contributed by atoms with Gasteiger partial charge in [-0.15, -0.1) is 0 Å². The van der Waals surface area contributed by atoms with E-state index >= 15 is 0 Å². The Balaban J connectivity index is 2.15. The van der Waals surface area contributed by atoms with Crippen LogP contribution in [0, 0.1) is 11.3 Å². The standard InChI is InChI=1S/C19H22N2/c1-3-19(15-20,18-12-8-5-9-13-18)16-21(2)14-17-10-6-4-7-11-17/h4-13H,3,14,16H2,1-2H3. The van der Waals surface area contributed by atoms with Crippen molar-refractivity contribution in [1.82, 2.24) is 4.90 Å². The second-order valence-corrected chi connectivity index (χ2v) is 5.57. The minimum Gasteiger partial charge on any atom is -0.300 e. The first-order valence-corrected chi connectivity index (χ1v) is 7.39. The van der Waals surface area contributed by atoms with Crippen LogP contribution in [0.3, 0.4) is 0 Å². The number of benzene rings is 2. The minimum atomic E-state index is -0.440. The molecule has 0 aliphatic carbocycles. The quantitative estimate of drug-likeness (QED) is 0.799. The highest BCUT2D eigenvalue weighted by molar-refractivity contribution is 5.33. The number of nitriles is 1. The summed E-state index contributed by atoms with van der Waals surface area (Å²) in [7, 11) is 2.08. The predicted molar refractivity (Wildman–Crippen MR) is 86.8 cm³/mol. The molecule has 0 fully saturated rings. The van der Waals surface area contributed by atoms with Gasteiger partial charge in [0.1, 0.15) is 0 Å². The van der Waals surface area contributed by atoms with Crippen LogP contribution in [0.25, 0.3) is 0 Å². The highest BCUT2D eigenvalue weighted by Crippen LogP contribution is 2.28. The van der Waals surface area contributed by atoms with Crippen molar-refractivity contribution in [2.45, 2.75) is 25.3 Å². The first-order chi connectivity index (χ1) is 10.2. The van der Waals surface area contributed by atoms with Gasteiger partial charge in [0, 0.05) is 13.1 Å². The molecule has 0 aliphatic heterocycles. The Hall–Kier alpha value is -2.11. The van der Waals surface area contributed by atoms with Gasteiger partial charge in [0.25, 0.3) is 0 Å². The van der Waals surface area contributed by atoms with E-state index in [1.807, 2.05) is 24.3 Å². The van der Waals surface area contributed by atoms with E-state index < -0.39 is 5.41 Å². The van der Waals surface area contributed by atoms with Crippen LogP contribution < -0.4 is 0 Å². The van der Waals surface area contributed by atoms with Gasteiger partial charge in [0.15, 0.2) is 0 Å². The summed E-state index contributed by atoms with van der Waals surface area (Å²) in [5.74, 6) is 0. The van der Waals surface area contributed by atoms with E-state index in [1.165, 1.54) is 5.56 Å². The van der Waals surface area contributed by atoms with Crippen LogP contribution in [0.5, 0.6) is 0 Å². The Morgan fingerprint density at radius 2 is 1.57 bits per heavy atom. The van der Waals surface area contributed by atoms with Crippen molar-refractivity contribution < 1.29 is 0 Å². The van der Waals surface area contributed by atoms with Crippen LogP contribution in [-0.2, 0) is 12.0 Å². The summed E-state index contributed by atoms with van der Waals surface area (Å²) < 4.78 is 0. The molecule has 108 valence electrons. The number of nitrogens with zero attached hydrogens (tertiary/aromatic N) is 2. The van der Waals surface area contributed by atoms with Crippen LogP contribution in [0.15, 0.2) is 60.7 Å². The highest BCUT2D eigenvalue weighted by atomic mass is 15.1. The van der Waals surface area contributed by atoms with Crippen LogP contribution >= 0.6 is 0 Å². The molecule has 0 amide bonds. The van der Waals surface area contributed by atoms with Crippen LogP contribution in [0.1, 0.15) is 24.5 Å². The molecule has 0 N–H and O–H groups in total. The SMILES string of the molecule is CCC(C#N)(CN(C)Cc1ccccc1)c1ccccc1. The summed E-state index contributed by atoms with van der Waals surface area (Å²) in [6.07, 6.45) is 0.812. The summed E-state index contributed by atoms with van der Waals surface area (Å²) >= 11 is 0. The maximum absolute atomic E-state index is 9.77. The molecule has 0 radical (unpaired) electrons. The van der Waals surface area contributed by atoms with Crippen LogP contribution in [0.4, 0.5) is 0 Å². The second kappa shape index (κ2) is 7.06. The Bertz CT molecular complexity index is 586. The third-order valence-electron chi connectivity index (χ3n) is 3.98. The van der Waals surface area contributed by atoms with Gasteiger partial charge >= 0.3 is 0 Å². The van der Waals surface area contributed by atoms with Gasteiger partial charge in [-0.25, -0.2) is 0 Å². The summed E-state index contributed by atoms with van der Waals surface area (Å²) in [6, 6.07) is 23.1. The predicted octanol–water partition coefficient (Wildman–Crippen LogP) is 3.99. The fourth-order valence-electron chi connectivity index (χ4n) is 2.76. The van der Waals surface area contributed by atoms with Gasteiger partial charge in [-0.2, -0.15) is 5.26 Å². The van der Waals surface area contributed by atoms with Crippen LogP contribution in [0.2, 0.25) is 0 Å². The molecule has 2 rings (SSSR count). The van der Waals surface area contributed by atoms with Gasteiger partial charge < -0.3 is 4.90 Å². The number of likely N-dealkylation sites (N-methyl/N-ethyl adjacent to an activating group) is 1. The van der Waals surface area contributed by atoms with E-state index in [2.05, 4.69) is 61.3 Å². The van der Waals surface area contributed by atoms with Crippen molar-refractivity contribution in [3.63, 3.8) is 0 Å². The lowest BCUT2D eigenvalue weighted by atomic mass is 9.79. The first-order valence-electron chi connectivity index (χ1n) is 7.39. The monoisotopic (exact) mass is 278 g/mol. The molecule has 0 saturated heterocycles. The smallest absolute Gasteiger partial charge is 0.0946 e. The summed E-state index contributed by atoms with van der Waals surface area (Å²) in [4.78, 5) is 2.23. The summed E-state index contributed by atoms with van der Waals surface area (Å²) in [5, 5.41) is 9.77. The summed E-state index contributed by atoms with van der Waals surface area (Å²) in [6.45, 7) is 3.68. The molecule has 2 heteroatoms. The molecule has 21 heavy (non-hydrogen) atoms. The van der Waals surface area contributed by atoms with E-state index in [1.54, 1.807) is 0 Å². The Morgan fingerprint density at radius 3 is 2.10 bits per heavy atom. The van der Waals surface area contributed by atoms with E-state index in [4.69, 9.17) is 0 Å². The maximum atomic E-state index is 9.77. The van der Waals surface area contributed by atoms with E-state index in [0.717, 1.165) is 25.1 Å². The molecule has 2 aromatic carbocycles. The lowest BCUT2D eigenvalue weighted by molar-refractivity contribution is 0.267. The second-order valence-electron chi connectivity index (χ2n) is 5.57. The van der Waals surface area contributed by atoms with Gasteiger partial charge in [0.2, 0.25) is 0 Å². The lowest BCUT2D eigenvalue weighted by Gasteiger charge is -2.31. The van der Waals surface area contributed by atoms with Gasteiger partial charge in [-0.3, -0.25) is 0 Å². The highest BCUT2D eigenvalue weighted by Gasteiger charge is 2.31. The zero-order valence-electron chi connectivity index (χ0n) is 12.8. The first kappa shape index (κ1) is 15.3. The minimum absolute atomic E-state index is 0.440. The van der Waals surface area contributed by atoms with E-state index in [0.29, 0.717) is 0 Å². The van der Waals surface area contributed by atoms with Crippen LogP contribution in [-0.4, -0.2) is 18.5 Å². The molecular formula is C19H22N2. The number of hydrogen-bond donors (Lipinski definition) is 0.